The van der Waals surface area contributed by atoms with Gasteiger partial charge in [0.1, 0.15) is 18.8 Å². The Bertz CT molecular complexity index is 1360. The van der Waals surface area contributed by atoms with Crippen molar-refractivity contribution in [3.63, 3.8) is 0 Å². The lowest BCUT2D eigenvalue weighted by Gasteiger charge is -2.40. The molecule has 0 saturated carbocycles. The van der Waals surface area contributed by atoms with Gasteiger partial charge in [0.25, 0.3) is 0 Å². The van der Waals surface area contributed by atoms with Crippen LogP contribution in [0.3, 0.4) is 0 Å². The van der Waals surface area contributed by atoms with Crippen molar-refractivity contribution < 1.29 is 58.2 Å². The van der Waals surface area contributed by atoms with E-state index in [0.29, 0.717) is 19.3 Å². The summed E-state index contributed by atoms with van der Waals surface area (Å²) in [6.45, 7) is 5.79. The van der Waals surface area contributed by atoms with Gasteiger partial charge in [0.15, 0.2) is 24.6 Å². The molecule has 6 atom stereocenters. The van der Waals surface area contributed by atoms with Gasteiger partial charge in [0.2, 0.25) is 0 Å². The number of ether oxygens (including phenoxy) is 5. The molecule has 0 amide bonds. The summed E-state index contributed by atoms with van der Waals surface area (Å²) < 4.78 is 28.2. The summed E-state index contributed by atoms with van der Waals surface area (Å²) in [4.78, 5) is 50.8. The van der Waals surface area contributed by atoms with E-state index in [-0.39, 0.29) is 25.9 Å². The van der Waals surface area contributed by atoms with Crippen LogP contribution in [0.2, 0.25) is 0 Å². The largest absolute Gasteiger partial charge is 0.479 e. The minimum Gasteiger partial charge on any atom is -0.479 e. The van der Waals surface area contributed by atoms with E-state index in [1.54, 1.807) is 0 Å². The second kappa shape index (κ2) is 43.9. The van der Waals surface area contributed by atoms with E-state index in [9.17, 15) is 34.5 Å². The lowest BCUT2D eigenvalue weighted by atomic mass is 9.98. The zero-order valence-corrected chi connectivity index (χ0v) is 42.1. The Labute approximate surface area is 405 Å². The van der Waals surface area contributed by atoms with E-state index in [4.69, 9.17) is 23.7 Å². The van der Waals surface area contributed by atoms with Crippen LogP contribution >= 0.6 is 0 Å². The quantitative estimate of drug-likeness (QED) is 0.0228. The van der Waals surface area contributed by atoms with E-state index in [1.165, 1.54) is 64.2 Å². The molecule has 0 aromatic carbocycles. The predicted molar refractivity (Wildman–Crippen MR) is 266 cm³/mol. The van der Waals surface area contributed by atoms with Crippen molar-refractivity contribution in [2.75, 3.05) is 13.2 Å². The van der Waals surface area contributed by atoms with E-state index in [1.807, 2.05) is 0 Å². The maximum Gasteiger partial charge on any atom is 0.335 e. The number of aliphatic hydroxyl groups excluding tert-OH is 2. The van der Waals surface area contributed by atoms with Gasteiger partial charge in [0, 0.05) is 19.3 Å². The SMILES string of the molecule is CC/C=C\C/C=C\C/C=C\CCCCCC(=O)OC(COC(=O)CCCCCCC/C=C\CCCCCCCC)COC1OC(C(=O)O)C(O)C(O)C1OC(=O)CCCCCCCCCCC. The molecule has 1 aliphatic rings. The number of carboxylic acids is 1. The van der Waals surface area contributed by atoms with Crippen LogP contribution in [0.4, 0.5) is 0 Å². The number of esters is 3. The summed E-state index contributed by atoms with van der Waals surface area (Å²) in [5.74, 6) is -3.17. The Hall–Kier alpha value is -3.32. The molecule has 1 saturated heterocycles. The van der Waals surface area contributed by atoms with Gasteiger partial charge in [-0.1, -0.05) is 179 Å². The van der Waals surface area contributed by atoms with Gasteiger partial charge >= 0.3 is 23.9 Å². The molecule has 0 aromatic rings. The molecule has 12 heteroatoms. The monoisotopic (exact) mass is 947 g/mol. The smallest absolute Gasteiger partial charge is 0.335 e. The minimum absolute atomic E-state index is 0.0575. The Morgan fingerprint density at radius 2 is 0.940 bits per heavy atom. The van der Waals surface area contributed by atoms with Crippen LogP contribution in [0, 0.1) is 0 Å². The van der Waals surface area contributed by atoms with E-state index < -0.39 is 67.3 Å². The average molecular weight is 947 g/mol. The number of rotatable bonds is 44. The highest BCUT2D eigenvalue weighted by Crippen LogP contribution is 2.26. The number of carbonyl (C=O) groups excluding carboxylic acids is 3. The molecule has 3 N–H and O–H groups in total. The van der Waals surface area contributed by atoms with Gasteiger partial charge in [-0.25, -0.2) is 4.79 Å². The number of carbonyl (C=O) groups is 4. The highest BCUT2D eigenvalue weighted by atomic mass is 16.7. The first-order chi connectivity index (χ1) is 32.6. The van der Waals surface area contributed by atoms with Crippen LogP contribution in [0.1, 0.15) is 226 Å². The van der Waals surface area contributed by atoms with Gasteiger partial charge < -0.3 is 39.0 Å². The zero-order valence-electron chi connectivity index (χ0n) is 42.1. The van der Waals surface area contributed by atoms with Crippen LogP contribution in [-0.4, -0.2) is 89.2 Å². The summed E-state index contributed by atoms with van der Waals surface area (Å²) in [5, 5.41) is 31.3. The van der Waals surface area contributed by atoms with Gasteiger partial charge in [-0.15, -0.1) is 0 Å². The highest BCUT2D eigenvalue weighted by Gasteiger charge is 2.50. The van der Waals surface area contributed by atoms with E-state index >= 15 is 0 Å². The molecule has 1 heterocycles. The molecule has 1 fully saturated rings. The van der Waals surface area contributed by atoms with Crippen molar-refractivity contribution >= 4 is 23.9 Å². The molecule has 12 nitrogen and oxygen atoms in total. The first kappa shape index (κ1) is 61.7. The number of unbranched alkanes of at least 4 members (excludes halogenated alkanes) is 22. The van der Waals surface area contributed by atoms with Crippen molar-refractivity contribution in [1.29, 1.82) is 0 Å². The van der Waals surface area contributed by atoms with Gasteiger partial charge in [-0.3, -0.25) is 14.4 Å². The molecule has 0 radical (unpaired) electrons. The number of aliphatic hydroxyl groups is 2. The van der Waals surface area contributed by atoms with Crippen molar-refractivity contribution in [3.05, 3.63) is 48.6 Å². The molecular weight excluding hydrogens is 853 g/mol. The second-order valence-electron chi connectivity index (χ2n) is 18.1. The maximum atomic E-state index is 13.1. The van der Waals surface area contributed by atoms with Crippen LogP contribution in [0.25, 0.3) is 0 Å². The Morgan fingerprint density at radius 1 is 0.507 bits per heavy atom. The first-order valence-electron chi connectivity index (χ1n) is 26.6. The third-order valence-corrected chi connectivity index (χ3v) is 11.9. The predicted octanol–water partition coefficient (Wildman–Crippen LogP) is 12.7. The number of hydrogen-bond acceptors (Lipinski definition) is 11. The fourth-order valence-corrected chi connectivity index (χ4v) is 7.79. The van der Waals surface area contributed by atoms with Crippen molar-refractivity contribution in [2.24, 2.45) is 0 Å². The molecular formula is C55H94O12. The lowest BCUT2D eigenvalue weighted by Crippen LogP contribution is -2.61. The third kappa shape index (κ3) is 34.6. The first-order valence-corrected chi connectivity index (χ1v) is 26.6. The number of aliphatic carboxylic acids is 1. The van der Waals surface area contributed by atoms with Crippen LogP contribution in [0.5, 0.6) is 0 Å². The minimum atomic E-state index is -1.90. The molecule has 1 rings (SSSR count). The molecule has 6 unspecified atom stereocenters. The Kier molecular flexibility index (Phi) is 40.4. The summed E-state index contributed by atoms with van der Waals surface area (Å²) >= 11 is 0. The van der Waals surface area contributed by atoms with E-state index in [2.05, 4.69) is 69.4 Å². The van der Waals surface area contributed by atoms with Crippen LogP contribution in [-0.2, 0) is 42.9 Å². The van der Waals surface area contributed by atoms with Crippen LogP contribution in [0.15, 0.2) is 48.6 Å². The molecule has 0 aromatic heterocycles. The number of allylic oxidation sites excluding steroid dienone is 8. The molecule has 0 bridgehead atoms. The fourth-order valence-electron chi connectivity index (χ4n) is 7.79. The summed E-state index contributed by atoms with van der Waals surface area (Å²) in [6, 6.07) is 0. The highest BCUT2D eigenvalue weighted by molar-refractivity contribution is 5.74. The normalized spacial score (nSPS) is 19.2. The fraction of sp³-hybridized carbons (Fsp3) is 0.782. The molecule has 1 aliphatic heterocycles. The average Bonchev–Trinajstić information content (AvgIpc) is 3.31. The standard InChI is InChI=1S/C55H94O12/c1-4-7-10-13-16-19-21-23-24-26-27-30-32-35-38-41-47(56)63-44-46(65-48(57)42-39-36-34-31-28-25-22-20-17-14-11-8-5-2)45-64-55-53(51(60)50(59)52(67-55)54(61)62)66-49(58)43-40-37-33-29-18-15-12-9-6-3/h8,11,17,20,23-25,28,46,50-53,55,59-60H,4-7,9-10,12-16,18-19,21-22,26-27,29-45H2,1-3H3,(H,61,62)/b11-8-,20-17-,24-23-,28-25-. The Balaban J connectivity index is 2.74. The second-order valence-corrected chi connectivity index (χ2v) is 18.1. The topological polar surface area (TPSA) is 175 Å². The summed E-state index contributed by atoms with van der Waals surface area (Å²) in [5.41, 5.74) is 0. The molecule has 0 spiro atoms. The Morgan fingerprint density at radius 3 is 1.46 bits per heavy atom. The third-order valence-electron chi connectivity index (χ3n) is 11.9. The summed E-state index contributed by atoms with van der Waals surface area (Å²) in [7, 11) is 0. The summed E-state index contributed by atoms with van der Waals surface area (Å²) in [6.07, 6.45) is 38.3. The lowest BCUT2D eigenvalue weighted by molar-refractivity contribution is -0.301. The van der Waals surface area contributed by atoms with E-state index in [0.717, 1.165) is 103 Å². The molecule has 386 valence electrons. The molecule has 67 heavy (non-hydrogen) atoms. The molecule has 0 aliphatic carbocycles. The van der Waals surface area contributed by atoms with Gasteiger partial charge in [0.05, 0.1) is 6.61 Å². The van der Waals surface area contributed by atoms with Crippen LogP contribution < -0.4 is 0 Å². The van der Waals surface area contributed by atoms with Crippen molar-refractivity contribution in [1.82, 2.24) is 0 Å². The van der Waals surface area contributed by atoms with Crippen molar-refractivity contribution in [3.8, 4) is 0 Å². The number of carboxylic acid groups (broad SMARTS) is 1. The number of hydrogen-bond donors (Lipinski definition) is 3. The maximum absolute atomic E-state index is 13.1. The zero-order chi connectivity index (χ0) is 49.0. The van der Waals surface area contributed by atoms with Gasteiger partial charge in [-0.2, -0.15) is 0 Å². The van der Waals surface area contributed by atoms with Crippen molar-refractivity contribution in [2.45, 2.75) is 263 Å². The van der Waals surface area contributed by atoms with Gasteiger partial charge in [-0.05, 0) is 77.0 Å².